The zero-order valence-electron chi connectivity index (χ0n) is 17.1. The molecule has 0 unspecified atom stereocenters. The van der Waals surface area contributed by atoms with Crippen LogP contribution < -0.4 is 14.8 Å². The van der Waals surface area contributed by atoms with E-state index in [4.69, 9.17) is 14.7 Å². The minimum Gasteiger partial charge on any atom is -0.493 e. The van der Waals surface area contributed by atoms with E-state index in [0.29, 0.717) is 5.17 Å². The van der Waals surface area contributed by atoms with Crippen LogP contribution in [-0.4, -0.2) is 43.6 Å². The Hall–Kier alpha value is -2.69. The fourth-order valence-electron chi connectivity index (χ4n) is 3.45. The van der Waals surface area contributed by atoms with Gasteiger partial charge in [-0.05, 0) is 60.1 Å². The van der Waals surface area contributed by atoms with E-state index in [1.165, 1.54) is 28.5 Å². The fourth-order valence-corrected chi connectivity index (χ4v) is 3.79. The van der Waals surface area contributed by atoms with Crippen LogP contribution in [-0.2, 0) is 19.4 Å². The van der Waals surface area contributed by atoms with E-state index in [-0.39, 0.29) is 0 Å². The van der Waals surface area contributed by atoms with E-state index in [2.05, 4.69) is 39.5 Å². The third-order valence-corrected chi connectivity index (χ3v) is 5.62. The second-order valence-electron chi connectivity index (χ2n) is 6.78. The molecule has 0 aromatic heterocycles. The molecule has 0 radical (unpaired) electrons. The molecule has 152 valence electrons. The van der Waals surface area contributed by atoms with Crippen molar-refractivity contribution in [2.24, 2.45) is 4.99 Å². The van der Waals surface area contributed by atoms with Gasteiger partial charge in [0.2, 0.25) is 0 Å². The highest BCUT2D eigenvalue weighted by molar-refractivity contribution is 8.13. The molecule has 3 rings (SSSR count). The van der Waals surface area contributed by atoms with Crippen molar-refractivity contribution in [1.82, 2.24) is 10.2 Å². The molecule has 1 N–H and O–H groups in total. The zero-order chi connectivity index (χ0) is 20.6. The molecule has 0 amide bonds. The fraction of sp³-hybridized carbons (Fsp3) is 0.364. The Labute approximate surface area is 176 Å². The Balaban J connectivity index is 1.59. The maximum Gasteiger partial charge on any atom is 0.183 e. The molecule has 29 heavy (non-hydrogen) atoms. The summed E-state index contributed by atoms with van der Waals surface area (Å²) < 4.78 is 10.9. The van der Waals surface area contributed by atoms with Gasteiger partial charge in [0.25, 0.3) is 0 Å². The predicted octanol–water partition coefficient (Wildman–Crippen LogP) is 3.73. The molecule has 1 heterocycles. The summed E-state index contributed by atoms with van der Waals surface area (Å²) in [6.45, 7) is 2.97. The Morgan fingerprint density at radius 2 is 1.86 bits per heavy atom. The van der Waals surface area contributed by atoms with E-state index in [1.807, 2.05) is 24.6 Å². The Morgan fingerprint density at radius 3 is 2.48 bits per heavy atom. The van der Waals surface area contributed by atoms with Gasteiger partial charge >= 0.3 is 0 Å². The largest absolute Gasteiger partial charge is 0.493 e. The van der Waals surface area contributed by atoms with Crippen LogP contribution in [0.5, 0.6) is 11.5 Å². The summed E-state index contributed by atoms with van der Waals surface area (Å²) in [7, 11) is 3.36. The van der Waals surface area contributed by atoms with E-state index < -0.39 is 0 Å². The Kier molecular flexibility index (Phi) is 7.39. The number of methoxy groups -OCH3 is 2. The molecular weight excluding hydrogens is 384 g/mol. The van der Waals surface area contributed by atoms with Crippen LogP contribution in [0, 0.1) is 11.5 Å². The van der Waals surface area contributed by atoms with Gasteiger partial charge in [0.15, 0.2) is 22.9 Å². The van der Waals surface area contributed by atoms with Crippen molar-refractivity contribution >= 4 is 22.6 Å². The Bertz CT molecular complexity index is 906. The van der Waals surface area contributed by atoms with Crippen LogP contribution in [0.3, 0.4) is 0 Å². The minimum atomic E-state index is 0.597. The number of fused-ring (bicyclic) bond motifs is 1. The highest BCUT2D eigenvalue weighted by Gasteiger charge is 2.19. The molecule has 7 heteroatoms. The highest BCUT2D eigenvalue weighted by atomic mass is 32.2. The lowest BCUT2D eigenvalue weighted by atomic mass is 9.98. The van der Waals surface area contributed by atoms with Crippen molar-refractivity contribution in [2.75, 3.05) is 33.6 Å². The van der Waals surface area contributed by atoms with E-state index in [9.17, 15) is 0 Å². The summed E-state index contributed by atoms with van der Waals surface area (Å²) in [5.74, 6) is 1.59. The lowest BCUT2D eigenvalue weighted by Crippen LogP contribution is -2.32. The number of nitrogens with one attached hydrogen (secondary N) is 1. The average molecular weight is 411 g/mol. The summed E-state index contributed by atoms with van der Waals surface area (Å²) in [5, 5.41) is 11.9. The first-order valence-corrected chi connectivity index (χ1v) is 10.7. The van der Waals surface area contributed by atoms with Crippen molar-refractivity contribution in [3.63, 3.8) is 0 Å². The number of hydrogen-bond acceptors (Lipinski definition) is 6. The molecule has 6 nitrogen and oxygen atoms in total. The van der Waals surface area contributed by atoms with Crippen molar-refractivity contribution in [3.8, 4) is 17.7 Å². The SMILES string of the molecule is COc1cc2c(cc1OC)CN(CCc1ccc(N=C(NC#N)SC)cc1)CC2. The summed E-state index contributed by atoms with van der Waals surface area (Å²) in [6.07, 6.45) is 5.80. The highest BCUT2D eigenvalue weighted by Crippen LogP contribution is 2.33. The normalized spacial score (nSPS) is 14.1. The molecule has 0 atom stereocenters. The first-order chi connectivity index (χ1) is 14.2. The second kappa shape index (κ2) is 10.2. The van der Waals surface area contributed by atoms with Gasteiger partial charge in [-0.3, -0.25) is 10.2 Å². The second-order valence-corrected chi connectivity index (χ2v) is 7.57. The molecule has 0 bridgehead atoms. The smallest absolute Gasteiger partial charge is 0.183 e. The predicted molar refractivity (Wildman–Crippen MR) is 118 cm³/mol. The van der Waals surface area contributed by atoms with Gasteiger partial charge in [0.05, 0.1) is 19.9 Å². The van der Waals surface area contributed by atoms with Crippen LogP contribution in [0.1, 0.15) is 16.7 Å². The van der Waals surface area contributed by atoms with Crippen LogP contribution in [0.2, 0.25) is 0 Å². The van der Waals surface area contributed by atoms with E-state index in [1.54, 1.807) is 14.2 Å². The maximum atomic E-state index is 8.73. The van der Waals surface area contributed by atoms with Crippen LogP contribution in [0.4, 0.5) is 5.69 Å². The topological polar surface area (TPSA) is 69.9 Å². The van der Waals surface area contributed by atoms with Gasteiger partial charge in [0, 0.05) is 19.6 Å². The molecule has 0 saturated heterocycles. The molecule has 0 spiro atoms. The summed E-state index contributed by atoms with van der Waals surface area (Å²) in [6, 6.07) is 12.4. The standard InChI is InChI=1S/C22H26N4O2S/c1-27-20-12-17-9-11-26(14-18(17)13-21(20)28-2)10-8-16-4-6-19(7-5-16)25-22(29-3)24-15-23/h4-7,12-13H,8-11,14H2,1-3H3,(H,24,25). The lowest BCUT2D eigenvalue weighted by molar-refractivity contribution is 0.255. The third-order valence-electron chi connectivity index (χ3n) is 5.04. The van der Waals surface area contributed by atoms with Crippen LogP contribution in [0.25, 0.3) is 0 Å². The monoisotopic (exact) mass is 410 g/mol. The van der Waals surface area contributed by atoms with Gasteiger partial charge in [-0.1, -0.05) is 23.9 Å². The average Bonchev–Trinajstić information content (AvgIpc) is 2.77. The molecule has 1 aliphatic rings. The first-order valence-electron chi connectivity index (χ1n) is 9.49. The summed E-state index contributed by atoms with van der Waals surface area (Å²) >= 11 is 1.41. The number of amidine groups is 1. The molecule has 1 aliphatic heterocycles. The van der Waals surface area contributed by atoms with Crippen molar-refractivity contribution in [2.45, 2.75) is 19.4 Å². The van der Waals surface area contributed by atoms with Gasteiger partial charge in [-0.15, -0.1) is 0 Å². The number of rotatable bonds is 6. The van der Waals surface area contributed by atoms with Crippen molar-refractivity contribution < 1.29 is 9.47 Å². The van der Waals surface area contributed by atoms with Gasteiger partial charge in [-0.2, -0.15) is 5.26 Å². The molecule has 2 aromatic rings. The number of nitrogens with zero attached hydrogens (tertiary/aromatic N) is 3. The van der Waals surface area contributed by atoms with E-state index in [0.717, 1.165) is 49.7 Å². The Morgan fingerprint density at radius 1 is 1.17 bits per heavy atom. The number of hydrogen-bond donors (Lipinski definition) is 1. The van der Waals surface area contributed by atoms with Gasteiger partial charge < -0.3 is 9.47 Å². The summed E-state index contributed by atoms with van der Waals surface area (Å²) in [5.41, 5.74) is 4.78. The van der Waals surface area contributed by atoms with Crippen molar-refractivity contribution in [1.29, 1.82) is 5.26 Å². The maximum absolute atomic E-state index is 8.73. The van der Waals surface area contributed by atoms with E-state index >= 15 is 0 Å². The quantitative estimate of drug-likeness (QED) is 0.339. The number of aliphatic imine (C=N–C) groups is 1. The first kappa shape index (κ1) is 21.0. The molecule has 0 saturated carbocycles. The van der Waals surface area contributed by atoms with Crippen LogP contribution in [0.15, 0.2) is 41.4 Å². The zero-order valence-corrected chi connectivity index (χ0v) is 17.9. The molecule has 2 aromatic carbocycles. The molecule has 0 fully saturated rings. The van der Waals surface area contributed by atoms with Gasteiger partial charge in [0.1, 0.15) is 0 Å². The lowest BCUT2D eigenvalue weighted by Gasteiger charge is -2.29. The number of ether oxygens (including phenoxy) is 2. The minimum absolute atomic E-state index is 0.597. The molecule has 0 aliphatic carbocycles. The third kappa shape index (κ3) is 5.43. The molecular formula is C22H26N4O2S. The number of nitriles is 1. The van der Waals surface area contributed by atoms with Crippen LogP contribution >= 0.6 is 11.8 Å². The number of benzene rings is 2. The number of thioether (sulfide) groups is 1. The van der Waals surface area contributed by atoms with Gasteiger partial charge in [-0.25, -0.2) is 4.99 Å². The summed E-state index contributed by atoms with van der Waals surface area (Å²) in [4.78, 5) is 6.90. The van der Waals surface area contributed by atoms with Crippen molar-refractivity contribution in [3.05, 3.63) is 53.1 Å².